The van der Waals surface area contributed by atoms with Crippen LogP contribution in [0.5, 0.6) is 0 Å². The van der Waals surface area contributed by atoms with Crippen molar-refractivity contribution >= 4 is 23.5 Å². The molecule has 8 nitrogen and oxygen atoms in total. The summed E-state index contributed by atoms with van der Waals surface area (Å²) in [6.45, 7) is 1.10. The SMILES string of the molecule is CN1C(=O)c2ccc(NC(=O)NCc3ccc(Cn4ccnc4)cc3)cc2C1=O. The van der Waals surface area contributed by atoms with Gasteiger partial charge >= 0.3 is 6.03 Å². The number of hydrogen-bond acceptors (Lipinski definition) is 4. The predicted molar refractivity (Wildman–Crippen MR) is 106 cm³/mol. The minimum atomic E-state index is -0.391. The van der Waals surface area contributed by atoms with Crippen LogP contribution in [0, 0.1) is 0 Å². The number of anilines is 1. The monoisotopic (exact) mass is 389 g/mol. The van der Waals surface area contributed by atoms with Crippen molar-refractivity contribution < 1.29 is 14.4 Å². The van der Waals surface area contributed by atoms with E-state index in [9.17, 15) is 14.4 Å². The number of carbonyl (C=O) groups excluding carboxylic acids is 3. The summed E-state index contributed by atoms with van der Waals surface area (Å²) < 4.78 is 1.98. The van der Waals surface area contributed by atoms with Crippen molar-refractivity contribution in [2.75, 3.05) is 12.4 Å². The van der Waals surface area contributed by atoms with E-state index in [0.717, 1.165) is 22.6 Å². The molecule has 4 rings (SSSR count). The third kappa shape index (κ3) is 3.86. The average molecular weight is 389 g/mol. The summed E-state index contributed by atoms with van der Waals surface area (Å²) in [5.74, 6) is -0.706. The number of rotatable bonds is 5. The molecule has 0 saturated carbocycles. The Morgan fingerprint density at radius 2 is 1.72 bits per heavy atom. The molecule has 29 heavy (non-hydrogen) atoms. The lowest BCUT2D eigenvalue weighted by Gasteiger charge is -2.09. The quantitative estimate of drug-likeness (QED) is 0.655. The molecule has 0 atom stereocenters. The fourth-order valence-corrected chi connectivity index (χ4v) is 3.15. The normalized spacial score (nSPS) is 12.8. The summed E-state index contributed by atoms with van der Waals surface area (Å²) in [4.78, 5) is 41.2. The zero-order valence-corrected chi connectivity index (χ0v) is 15.8. The van der Waals surface area contributed by atoms with Crippen LogP contribution in [0.4, 0.5) is 10.5 Å². The molecule has 4 amide bonds. The van der Waals surface area contributed by atoms with Crippen LogP contribution >= 0.6 is 0 Å². The van der Waals surface area contributed by atoms with Crippen LogP contribution in [-0.2, 0) is 13.1 Å². The average Bonchev–Trinajstić information content (AvgIpc) is 3.31. The van der Waals surface area contributed by atoms with Gasteiger partial charge in [-0.1, -0.05) is 24.3 Å². The third-order valence-electron chi connectivity index (χ3n) is 4.75. The topological polar surface area (TPSA) is 96.3 Å². The number of urea groups is 1. The number of imide groups is 1. The number of nitrogens with zero attached hydrogens (tertiary/aromatic N) is 3. The number of nitrogens with one attached hydrogen (secondary N) is 2. The highest BCUT2D eigenvalue weighted by Crippen LogP contribution is 2.24. The van der Waals surface area contributed by atoms with Crippen molar-refractivity contribution in [1.82, 2.24) is 19.8 Å². The summed E-state index contributed by atoms with van der Waals surface area (Å²) >= 11 is 0. The summed E-state index contributed by atoms with van der Waals surface area (Å²) in [5.41, 5.74) is 3.20. The zero-order valence-electron chi connectivity index (χ0n) is 15.8. The van der Waals surface area contributed by atoms with Gasteiger partial charge in [0.1, 0.15) is 0 Å². The van der Waals surface area contributed by atoms with Crippen LogP contribution in [0.2, 0.25) is 0 Å². The second kappa shape index (κ2) is 7.59. The molecule has 1 aliphatic heterocycles. The molecule has 0 spiro atoms. The van der Waals surface area contributed by atoms with Gasteiger partial charge in [-0.3, -0.25) is 14.5 Å². The van der Waals surface area contributed by atoms with Crippen LogP contribution in [0.25, 0.3) is 0 Å². The molecule has 1 aromatic heterocycles. The first-order valence-corrected chi connectivity index (χ1v) is 9.06. The number of aromatic nitrogens is 2. The second-order valence-electron chi connectivity index (χ2n) is 6.79. The molecule has 146 valence electrons. The van der Waals surface area contributed by atoms with E-state index in [-0.39, 0.29) is 11.8 Å². The van der Waals surface area contributed by atoms with Gasteiger partial charge in [-0.2, -0.15) is 0 Å². The Balaban J connectivity index is 1.33. The van der Waals surface area contributed by atoms with Crippen molar-refractivity contribution in [2.45, 2.75) is 13.1 Å². The maximum atomic E-state index is 12.2. The molecule has 8 heteroatoms. The Hall–Kier alpha value is -3.94. The fourth-order valence-electron chi connectivity index (χ4n) is 3.15. The molecule has 1 aliphatic rings. The van der Waals surface area contributed by atoms with Crippen LogP contribution in [-0.4, -0.2) is 39.3 Å². The van der Waals surface area contributed by atoms with Crippen molar-refractivity contribution in [1.29, 1.82) is 0 Å². The van der Waals surface area contributed by atoms with E-state index in [1.807, 2.05) is 35.0 Å². The molecule has 0 saturated heterocycles. The Labute approximate surface area is 167 Å². The highest BCUT2D eigenvalue weighted by atomic mass is 16.2. The van der Waals surface area contributed by atoms with E-state index >= 15 is 0 Å². The number of carbonyl (C=O) groups is 3. The molecule has 0 bridgehead atoms. The number of amides is 4. The summed E-state index contributed by atoms with van der Waals surface area (Å²) in [5, 5.41) is 5.47. The Kier molecular flexibility index (Phi) is 4.82. The molecule has 0 fully saturated rings. The molecule has 3 aromatic rings. The summed E-state index contributed by atoms with van der Waals surface area (Å²) in [6, 6.07) is 12.2. The van der Waals surface area contributed by atoms with Gasteiger partial charge < -0.3 is 15.2 Å². The van der Waals surface area contributed by atoms with Gasteiger partial charge in [0, 0.05) is 38.2 Å². The lowest BCUT2D eigenvalue weighted by molar-refractivity contribution is 0.0693. The second-order valence-corrected chi connectivity index (χ2v) is 6.79. The highest BCUT2D eigenvalue weighted by Gasteiger charge is 2.32. The third-order valence-corrected chi connectivity index (χ3v) is 4.75. The molecule has 0 aliphatic carbocycles. The molecule has 2 N–H and O–H groups in total. The molecule has 2 heterocycles. The predicted octanol–water partition coefficient (Wildman–Crippen LogP) is 2.48. The zero-order chi connectivity index (χ0) is 20.4. The van der Waals surface area contributed by atoms with Crippen molar-refractivity contribution in [2.24, 2.45) is 0 Å². The number of benzene rings is 2. The summed E-state index contributed by atoms with van der Waals surface area (Å²) in [7, 11) is 1.44. The minimum Gasteiger partial charge on any atom is -0.334 e. The minimum absolute atomic E-state index is 0.295. The lowest BCUT2D eigenvalue weighted by Crippen LogP contribution is -2.28. The first-order chi connectivity index (χ1) is 14.0. The van der Waals surface area contributed by atoms with E-state index in [0.29, 0.717) is 23.4 Å². The standard InChI is InChI=1S/C21H19N5O3/c1-25-19(27)17-7-6-16(10-18(17)20(25)28)24-21(29)23-11-14-2-4-15(5-3-14)12-26-9-8-22-13-26/h2-10,13H,11-12H2,1H3,(H2,23,24,29). The van der Waals surface area contributed by atoms with Gasteiger partial charge in [-0.05, 0) is 29.3 Å². The molecule has 0 radical (unpaired) electrons. The van der Waals surface area contributed by atoms with Gasteiger partial charge in [0.05, 0.1) is 17.5 Å². The Bertz CT molecular complexity index is 1070. The maximum absolute atomic E-state index is 12.2. The van der Waals surface area contributed by atoms with E-state index in [4.69, 9.17) is 0 Å². The van der Waals surface area contributed by atoms with Gasteiger partial charge in [0.2, 0.25) is 0 Å². The summed E-state index contributed by atoms with van der Waals surface area (Å²) in [6.07, 6.45) is 5.41. The first-order valence-electron chi connectivity index (χ1n) is 9.06. The van der Waals surface area contributed by atoms with E-state index in [1.165, 1.54) is 13.1 Å². The molecule has 0 unspecified atom stereocenters. The highest BCUT2D eigenvalue weighted by molar-refractivity contribution is 6.21. The van der Waals surface area contributed by atoms with Gasteiger partial charge in [0.25, 0.3) is 11.8 Å². The smallest absolute Gasteiger partial charge is 0.319 e. The number of fused-ring (bicyclic) bond motifs is 1. The van der Waals surface area contributed by atoms with Crippen molar-refractivity contribution in [3.63, 3.8) is 0 Å². The Morgan fingerprint density at radius 3 is 2.45 bits per heavy atom. The number of imidazole rings is 1. The maximum Gasteiger partial charge on any atom is 0.319 e. The van der Waals surface area contributed by atoms with E-state index < -0.39 is 6.03 Å². The number of hydrogen-bond donors (Lipinski definition) is 2. The van der Waals surface area contributed by atoms with Crippen LogP contribution < -0.4 is 10.6 Å². The lowest BCUT2D eigenvalue weighted by atomic mass is 10.1. The van der Waals surface area contributed by atoms with Gasteiger partial charge in [0.15, 0.2) is 0 Å². The fraction of sp³-hybridized carbons (Fsp3) is 0.143. The van der Waals surface area contributed by atoms with Crippen molar-refractivity contribution in [3.8, 4) is 0 Å². The molecular weight excluding hydrogens is 370 g/mol. The largest absolute Gasteiger partial charge is 0.334 e. The van der Waals surface area contributed by atoms with Gasteiger partial charge in [-0.25, -0.2) is 9.78 Å². The van der Waals surface area contributed by atoms with Gasteiger partial charge in [-0.15, -0.1) is 0 Å². The van der Waals surface area contributed by atoms with Crippen LogP contribution in [0.1, 0.15) is 31.8 Å². The van der Waals surface area contributed by atoms with Crippen LogP contribution in [0.3, 0.4) is 0 Å². The Morgan fingerprint density at radius 1 is 1.00 bits per heavy atom. The van der Waals surface area contributed by atoms with E-state index in [1.54, 1.807) is 24.7 Å². The van der Waals surface area contributed by atoms with E-state index in [2.05, 4.69) is 15.6 Å². The molecule has 2 aromatic carbocycles. The van der Waals surface area contributed by atoms with Crippen LogP contribution in [0.15, 0.2) is 61.2 Å². The molecular formula is C21H19N5O3. The van der Waals surface area contributed by atoms with Crippen molar-refractivity contribution in [3.05, 3.63) is 83.4 Å². The first kappa shape index (κ1) is 18.4.